The van der Waals surface area contributed by atoms with Crippen LogP contribution in [0.4, 0.5) is 16.3 Å². The zero-order valence-corrected chi connectivity index (χ0v) is 15.3. The van der Waals surface area contributed by atoms with E-state index in [2.05, 4.69) is 28.5 Å². The Balaban J connectivity index is 1.51. The van der Waals surface area contributed by atoms with Crippen LogP contribution in [0.15, 0.2) is 24.3 Å². The molecule has 0 radical (unpaired) electrons. The second-order valence-corrected chi connectivity index (χ2v) is 7.21. The van der Waals surface area contributed by atoms with E-state index in [4.69, 9.17) is 9.72 Å². The third-order valence-corrected chi connectivity index (χ3v) is 5.29. The Morgan fingerprint density at radius 3 is 2.73 bits per heavy atom. The maximum atomic E-state index is 12.2. The van der Waals surface area contributed by atoms with Crippen LogP contribution in [0.3, 0.4) is 0 Å². The van der Waals surface area contributed by atoms with Crippen LogP contribution in [-0.4, -0.2) is 43.4 Å². The van der Waals surface area contributed by atoms with Crippen molar-refractivity contribution in [2.75, 3.05) is 36.5 Å². The summed E-state index contributed by atoms with van der Waals surface area (Å²) < 4.78 is 5.42. The summed E-state index contributed by atoms with van der Waals surface area (Å²) in [5.74, 6) is 0.998. The lowest BCUT2D eigenvalue weighted by Gasteiger charge is -2.28. The number of aromatic nitrogens is 1. The number of hydrogen-bond donors (Lipinski definition) is 2. The van der Waals surface area contributed by atoms with Gasteiger partial charge >= 0.3 is 6.03 Å². The van der Waals surface area contributed by atoms with Crippen molar-refractivity contribution in [1.29, 1.82) is 0 Å². The van der Waals surface area contributed by atoms with Crippen LogP contribution in [0.2, 0.25) is 0 Å². The first-order chi connectivity index (χ1) is 12.7. The average Bonchev–Trinajstić information content (AvgIpc) is 3.15. The first kappa shape index (κ1) is 17.1. The molecule has 0 spiro atoms. The summed E-state index contributed by atoms with van der Waals surface area (Å²) in [6.45, 7) is 5.34. The molecule has 0 bridgehead atoms. The lowest BCUT2D eigenvalue weighted by Crippen LogP contribution is -2.36. The van der Waals surface area contributed by atoms with Gasteiger partial charge in [-0.05, 0) is 49.6 Å². The molecular weight excluding hydrogens is 328 g/mol. The minimum Gasteiger partial charge on any atom is -0.378 e. The second kappa shape index (κ2) is 7.50. The highest BCUT2D eigenvalue weighted by molar-refractivity contribution is 5.94. The number of pyridine rings is 1. The molecule has 26 heavy (non-hydrogen) atoms. The highest BCUT2D eigenvalue weighted by Crippen LogP contribution is 2.26. The molecule has 0 unspecified atom stereocenters. The van der Waals surface area contributed by atoms with Crippen LogP contribution >= 0.6 is 0 Å². The van der Waals surface area contributed by atoms with E-state index < -0.39 is 0 Å². The summed E-state index contributed by atoms with van der Waals surface area (Å²) in [6.07, 6.45) is 4.57. The van der Waals surface area contributed by atoms with Gasteiger partial charge in [-0.15, -0.1) is 0 Å². The van der Waals surface area contributed by atoms with Gasteiger partial charge in [0.25, 0.3) is 0 Å². The zero-order chi connectivity index (χ0) is 17.9. The van der Waals surface area contributed by atoms with Crippen molar-refractivity contribution >= 4 is 28.4 Å². The van der Waals surface area contributed by atoms with Crippen LogP contribution in [0, 0.1) is 6.92 Å². The highest BCUT2D eigenvalue weighted by atomic mass is 16.5. The molecule has 1 aromatic heterocycles. The van der Waals surface area contributed by atoms with Gasteiger partial charge in [-0.3, -0.25) is 0 Å². The third kappa shape index (κ3) is 3.75. The predicted octanol–water partition coefficient (Wildman–Crippen LogP) is 3.44. The van der Waals surface area contributed by atoms with E-state index in [0.717, 1.165) is 67.1 Å². The van der Waals surface area contributed by atoms with Crippen LogP contribution in [-0.2, 0) is 4.74 Å². The zero-order valence-electron chi connectivity index (χ0n) is 15.3. The van der Waals surface area contributed by atoms with Gasteiger partial charge < -0.3 is 20.3 Å². The molecule has 1 saturated heterocycles. The summed E-state index contributed by atoms with van der Waals surface area (Å²) >= 11 is 0. The first-order valence-corrected chi connectivity index (χ1v) is 9.51. The van der Waals surface area contributed by atoms with Gasteiger partial charge in [-0.1, -0.05) is 12.8 Å². The Kier molecular flexibility index (Phi) is 4.93. The molecule has 2 N–H and O–H groups in total. The van der Waals surface area contributed by atoms with Gasteiger partial charge in [-0.2, -0.15) is 0 Å². The summed E-state index contributed by atoms with van der Waals surface area (Å²) in [5, 5.41) is 7.09. The number of aryl methyl sites for hydroxylation is 1. The van der Waals surface area contributed by atoms with Crippen molar-refractivity contribution in [3.05, 3.63) is 29.8 Å². The van der Waals surface area contributed by atoms with E-state index in [1.54, 1.807) is 0 Å². The van der Waals surface area contributed by atoms with Crippen LogP contribution in [0.25, 0.3) is 10.9 Å². The van der Waals surface area contributed by atoms with Crippen LogP contribution < -0.4 is 15.5 Å². The minimum atomic E-state index is -0.119. The molecule has 6 heteroatoms. The Bertz CT molecular complexity index is 796. The molecule has 2 aliphatic rings. The average molecular weight is 354 g/mol. The molecule has 1 aliphatic heterocycles. The van der Waals surface area contributed by atoms with Gasteiger partial charge in [0, 0.05) is 30.2 Å². The Morgan fingerprint density at radius 1 is 1.19 bits per heavy atom. The number of carbonyl (C=O) groups excluding carboxylic acids is 1. The number of morpholine rings is 1. The normalized spacial score (nSPS) is 18.3. The van der Waals surface area contributed by atoms with E-state index in [1.807, 2.05) is 18.2 Å². The molecule has 4 rings (SSSR count). The van der Waals surface area contributed by atoms with Gasteiger partial charge in [0.15, 0.2) is 0 Å². The highest BCUT2D eigenvalue weighted by Gasteiger charge is 2.17. The van der Waals surface area contributed by atoms with Crippen LogP contribution in [0.1, 0.15) is 31.2 Å². The minimum absolute atomic E-state index is 0.119. The number of fused-ring (bicyclic) bond motifs is 1. The molecule has 0 atom stereocenters. The second-order valence-electron chi connectivity index (χ2n) is 7.21. The number of amides is 2. The van der Waals surface area contributed by atoms with E-state index >= 15 is 0 Å². The van der Waals surface area contributed by atoms with Crippen molar-refractivity contribution in [2.45, 2.75) is 38.6 Å². The molecule has 6 nitrogen and oxygen atoms in total. The van der Waals surface area contributed by atoms with Gasteiger partial charge in [0.1, 0.15) is 5.82 Å². The molecular formula is C20H26N4O2. The number of anilines is 2. The number of rotatable bonds is 3. The van der Waals surface area contributed by atoms with Crippen molar-refractivity contribution < 1.29 is 9.53 Å². The van der Waals surface area contributed by atoms with Crippen molar-refractivity contribution in [1.82, 2.24) is 10.3 Å². The molecule has 1 saturated carbocycles. The number of nitrogens with zero attached hydrogens (tertiary/aromatic N) is 2. The third-order valence-electron chi connectivity index (χ3n) is 5.29. The number of carbonyl (C=O) groups is 1. The van der Waals surface area contributed by atoms with Gasteiger partial charge in [0.05, 0.1) is 18.7 Å². The Labute approximate surface area is 153 Å². The number of urea groups is 1. The Morgan fingerprint density at radius 2 is 1.96 bits per heavy atom. The Hall–Kier alpha value is -2.34. The lowest BCUT2D eigenvalue weighted by molar-refractivity contribution is 0.122. The van der Waals surface area contributed by atoms with Gasteiger partial charge in [-0.25, -0.2) is 9.78 Å². The molecule has 138 valence electrons. The first-order valence-electron chi connectivity index (χ1n) is 9.51. The molecule has 2 aromatic rings. The van der Waals surface area contributed by atoms with Crippen molar-refractivity contribution in [3.8, 4) is 0 Å². The van der Waals surface area contributed by atoms with E-state index in [0.29, 0.717) is 6.04 Å². The molecule has 1 aliphatic carbocycles. The fraction of sp³-hybridized carbons (Fsp3) is 0.500. The predicted molar refractivity (Wildman–Crippen MR) is 104 cm³/mol. The van der Waals surface area contributed by atoms with Crippen molar-refractivity contribution in [3.63, 3.8) is 0 Å². The summed E-state index contributed by atoms with van der Waals surface area (Å²) in [5.41, 5.74) is 2.92. The lowest BCUT2D eigenvalue weighted by atomic mass is 10.1. The fourth-order valence-electron chi connectivity index (χ4n) is 3.83. The molecule has 2 heterocycles. The maximum absolute atomic E-state index is 12.2. The summed E-state index contributed by atoms with van der Waals surface area (Å²) in [4.78, 5) is 19.3. The van der Waals surface area contributed by atoms with E-state index in [9.17, 15) is 4.79 Å². The summed E-state index contributed by atoms with van der Waals surface area (Å²) in [6, 6.07) is 8.23. The summed E-state index contributed by atoms with van der Waals surface area (Å²) in [7, 11) is 0. The number of nitrogens with one attached hydrogen (secondary N) is 2. The monoisotopic (exact) mass is 354 g/mol. The SMILES string of the molecule is Cc1cc(N2CCOCC2)nc2ccc(NC(=O)NC3CCCC3)cc12. The smallest absolute Gasteiger partial charge is 0.319 e. The quantitative estimate of drug-likeness (QED) is 0.886. The van der Waals surface area contributed by atoms with E-state index in [-0.39, 0.29) is 6.03 Å². The molecule has 2 fully saturated rings. The molecule has 2 amide bonds. The topological polar surface area (TPSA) is 66.5 Å². The number of benzene rings is 1. The molecule has 1 aromatic carbocycles. The van der Waals surface area contributed by atoms with Crippen LogP contribution in [0.5, 0.6) is 0 Å². The van der Waals surface area contributed by atoms with Gasteiger partial charge in [0.2, 0.25) is 0 Å². The fourth-order valence-corrected chi connectivity index (χ4v) is 3.83. The number of hydrogen-bond acceptors (Lipinski definition) is 4. The van der Waals surface area contributed by atoms with E-state index in [1.165, 1.54) is 12.8 Å². The standard InChI is InChI=1S/C20H26N4O2/c1-14-12-19(24-8-10-26-11-9-24)23-18-7-6-16(13-17(14)18)22-20(25)21-15-4-2-3-5-15/h6-7,12-13,15H,2-5,8-11H2,1H3,(H2,21,22,25). The van der Waals surface area contributed by atoms with Crippen molar-refractivity contribution in [2.24, 2.45) is 0 Å². The maximum Gasteiger partial charge on any atom is 0.319 e. The number of ether oxygens (including phenoxy) is 1. The largest absolute Gasteiger partial charge is 0.378 e.